The number of nitrogens with zero attached hydrogens (tertiary/aromatic N) is 1. The molecule has 0 bridgehead atoms. The van der Waals surface area contributed by atoms with Crippen LogP contribution in [0.5, 0.6) is 0 Å². The number of carbonyl (C=O) groups is 1. The first-order valence-electron chi connectivity index (χ1n) is 6.63. The number of carbonyl (C=O) groups excluding carboxylic acids is 1. The second kappa shape index (κ2) is 5.18. The van der Waals surface area contributed by atoms with E-state index in [0.717, 1.165) is 5.46 Å². The van der Waals surface area contributed by atoms with Crippen LogP contribution in [0.3, 0.4) is 0 Å². The Hall–Kier alpha value is -1.40. The van der Waals surface area contributed by atoms with Crippen LogP contribution in [0.4, 0.5) is 0 Å². The van der Waals surface area contributed by atoms with Crippen LogP contribution in [0, 0.1) is 0 Å². The van der Waals surface area contributed by atoms with Gasteiger partial charge in [-0.2, -0.15) is 0 Å². The van der Waals surface area contributed by atoms with Gasteiger partial charge in [0.1, 0.15) is 0 Å². The number of hydrogen-bond acceptors (Lipinski definition) is 5. The van der Waals surface area contributed by atoms with Crippen molar-refractivity contribution in [2.45, 2.75) is 45.3 Å². The third-order valence-corrected chi connectivity index (χ3v) is 3.97. The second-order valence-electron chi connectivity index (χ2n) is 5.88. The lowest BCUT2D eigenvalue weighted by molar-refractivity contribution is -0.139. The molecule has 0 saturated carbocycles. The van der Waals surface area contributed by atoms with Gasteiger partial charge in [-0.05, 0) is 33.8 Å². The summed E-state index contributed by atoms with van der Waals surface area (Å²) in [6.45, 7) is 7.96. The molecule has 0 amide bonds. The predicted octanol–water partition coefficient (Wildman–Crippen LogP) is 1.10. The maximum atomic E-state index is 11.5. The minimum Gasteiger partial charge on any atom is -0.469 e. The third-order valence-electron chi connectivity index (χ3n) is 3.97. The fraction of sp³-hybridized carbons (Fsp3) is 0.571. The molecule has 2 heterocycles. The standard InChI is InChI=1S/C14H20BNO4/c1-13(2)14(3,4)20-15(19-13)10-7-6-8-16-11(10)9-12(17)18-5/h6-8H,9H2,1-5H3. The molecule has 0 atom stereocenters. The summed E-state index contributed by atoms with van der Waals surface area (Å²) in [5.74, 6) is -0.332. The van der Waals surface area contributed by atoms with Gasteiger partial charge in [-0.3, -0.25) is 9.78 Å². The van der Waals surface area contributed by atoms with Crippen LogP contribution in [-0.2, 0) is 25.3 Å². The van der Waals surface area contributed by atoms with E-state index in [-0.39, 0.29) is 12.4 Å². The number of methoxy groups -OCH3 is 1. The predicted molar refractivity (Wildman–Crippen MR) is 75.7 cm³/mol. The Balaban J connectivity index is 2.28. The fourth-order valence-corrected chi connectivity index (χ4v) is 1.99. The lowest BCUT2D eigenvalue weighted by Crippen LogP contribution is -2.41. The summed E-state index contributed by atoms with van der Waals surface area (Å²) < 4.78 is 16.7. The number of hydrogen-bond donors (Lipinski definition) is 0. The van der Waals surface area contributed by atoms with Gasteiger partial charge in [0.2, 0.25) is 0 Å². The minimum absolute atomic E-state index is 0.108. The topological polar surface area (TPSA) is 57.7 Å². The van der Waals surface area contributed by atoms with Crippen LogP contribution in [0.1, 0.15) is 33.4 Å². The minimum atomic E-state index is -0.520. The highest BCUT2D eigenvalue weighted by Crippen LogP contribution is 2.36. The van der Waals surface area contributed by atoms with E-state index in [9.17, 15) is 4.79 Å². The molecule has 1 saturated heterocycles. The zero-order valence-corrected chi connectivity index (χ0v) is 12.6. The largest absolute Gasteiger partial charge is 0.496 e. The highest BCUT2D eigenvalue weighted by molar-refractivity contribution is 6.62. The SMILES string of the molecule is COC(=O)Cc1ncccc1B1OC(C)(C)C(C)(C)O1. The number of pyridine rings is 1. The van der Waals surface area contributed by atoms with Crippen LogP contribution in [0.25, 0.3) is 0 Å². The van der Waals surface area contributed by atoms with Crippen molar-refractivity contribution < 1.29 is 18.8 Å². The number of ether oxygens (including phenoxy) is 1. The molecule has 6 heteroatoms. The first-order valence-corrected chi connectivity index (χ1v) is 6.63. The monoisotopic (exact) mass is 277 g/mol. The molecule has 0 spiro atoms. The Morgan fingerprint density at radius 2 is 1.90 bits per heavy atom. The van der Waals surface area contributed by atoms with Gasteiger partial charge in [0.15, 0.2) is 0 Å². The van der Waals surface area contributed by atoms with E-state index in [4.69, 9.17) is 14.0 Å². The maximum absolute atomic E-state index is 11.5. The molecular weight excluding hydrogens is 257 g/mol. The number of rotatable bonds is 3. The van der Waals surface area contributed by atoms with Crippen molar-refractivity contribution in [3.8, 4) is 0 Å². The van der Waals surface area contributed by atoms with Crippen molar-refractivity contribution in [1.82, 2.24) is 4.98 Å². The zero-order valence-electron chi connectivity index (χ0n) is 12.6. The smallest absolute Gasteiger partial charge is 0.469 e. The van der Waals surface area contributed by atoms with Crippen LogP contribution >= 0.6 is 0 Å². The van der Waals surface area contributed by atoms with Crippen molar-refractivity contribution in [1.29, 1.82) is 0 Å². The Morgan fingerprint density at radius 3 is 2.45 bits per heavy atom. The van der Waals surface area contributed by atoms with Crippen molar-refractivity contribution in [3.05, 3.63) is 24.0 Å². The molecule has 108 valence electrons. The summed E-state index contributed by atoms with van der Waals surface area (Å²) in [5, 5.41) is 0. The summed E-state index contributed by atoms with van der Waals surface area (Å²) in [6.07, 6.45) is 1.75. The molecule has 0 N–H and O–H groups in total. The summed E-state index contributed by atoms with van der Waals surface area (Å²) in [7, 11) is 0.841. The Kier molecular flexibility index (Phi) is 3.89. The number of aromatic nitrogens is 1. The van der Waals surface area contributed by atoms with E-state index < -0.39 is 18.3 Å². The van der Waals surface area contributed by atoms with Crippen molar-refractivity contribution in [3.63, 3.8) is 0 Å². The van der Waals surface area contributed by atoms with Gasteiger partial charge >= 0.3 is 13.1 Å². The van der Waals surface area contributed by atoms with Gasteiger partial charge in [-0.1, -0.05) is 6.07 Å². The first kappa shape index (κ1) is 15.0. The van der Waals surface area contributed by atoms with Gasteiger partial charge in [-0.15, -0.1) is 0 Å². The van der Waals surface area contributed by atoms with E-state index >= 15 is 0 Å². The summed E-state index contributed by atoms with van der Waals surface area (Å²) in [6, 6.07) is 3.68. The quantitative estimate of drug-likeness (QED) is 0.611. The molecule has 0 radical (unpaired) electrons. The fourth-order valence-electron chi connectivity index (χ4n) is 1.99. The summed E-state index contributed by atoms with van der Waals surface area (Å²) >= 11 is 0. The maximum Gasteiger partial charge on any atom is 0.496 e. The number of esters is 1. The van der Waals surface area contributed by atoms with Crippen LogP contribution in [-0.4, -0.2) is 36.4 Å². The molecule has 1 aliphatic heterocycles. The van der Waals surface area contributed by atoms with E-state index in [2.05, 4.69) is 4.98 Å². The van der Waals surface area contributed by atoms with Gasteiger partial charge in [0, 0.05) is 11.7 Å². The molecular formula is C14H20BNO4. The van der Waals surface area contributed by atoms with Crippen LogP contribution in [0.15, 0.2) is 18.3 Å². The van der Waals surface area contributed by atoms with E-state index in [1.54, 1.807) is 12.3 Å². The zero-order chi connectivity index (χ0) is 15.0. The van der Waals surface area contributed by atoms with E-state index in [1.165, 1.54) is 7.11 Å². The lowest BCUT2D eigenvalue weighted by Gasteiger charge is -2.32. The van der Waals surface area contributed by atoms with Crippen molar-refractivity contribution >= 4 is 18.6 Å². The van der Waals surface area contributed by atoms with Crippen LogP contribution in [0.2, 0.25) is 0 Å². The highest BCUT2D eigenvalue weighted by atomic mass is 16.7. The summed E-state index contributed by atoms with van der Waals surface area (Å²) in [4.78, 5) is 15.7. The molecule has 0 aromatic carbocycles. The lowest BCUT2D eigenvalue weighted by atomic mass is 9.77. The molecule has 1 aromatic heterocycles. The van der Waals surface area contributed by atoms with E-state index in [1.807, 2.05) is 33.8 Å². The Bertz CT molecular complexity index is 500. The molecule has 0 aliphatic carbocycles. The van der Waals surface area contributed by atoms with Gasteiger partial charge in [0.25, 0.3) is 0 Å². The molecule has 20 heavy (non-hydrogen) atoms. The van der Waals surface area contributed by atoms with Gasteiger partial charge in [0.05, 0.1) is 30.4 Å². The molecule has 5 nitrogen and oxygen atoms in total. The van der Waals surface area contributed by atoms with Gasteiger partial charge in [-0.25, -0.2) is 0 Å². The highest BCUT2D eigenvalue weighted by Gasteiger charge is 2.52. The third kappa shape index (κ3) is 2.71. The van der Waals surface area contributed by atoms with Crippen LogP contribution < -0.4 is 5.46 Å². The Morgan fingerprint density at radius 1 is 1.30 bits per heavy atom. The van der Waals surface area contributed by atoms with E-state index in [0.29, 0.717) is 5.69 Å². The van der Waals surface area contributed by atoms with Crippen molar-refractivity contribution in [2.75, 3.05) is 7.11 Å². The normalized spacial score (nSPS) is 19.9. The molecule has 1 aromatic rings. The molecule has 1 fully saturated rings. The molecule has 1 aliphatic rings. The second-order valence-corrected chi connectivity index (χ2v) is 5.88. The average molecular weight is 277 g/mol. The summed E-state index contributed by atoms with van der Waals surface area (Å²) in [5.41, 5.74) is 0.556. The van der Waals surface area contributed by atoms with Crippen molar-refractivity contribution in [2.24, 2.45) is 0 Å². The molecule has 2 rings (SSSR count). The average Bonchev–Trinajstić information content (AvgIpc) is 2.59. The Labute approximate surface area is 119 Å². The van der Waals surface area contributed by atoms with Gasteiger partial charge < -0.3 is 14.0 Å². The molecule has 0 unspecified atom stereocenters. The first-order chi connectivity index (χ1) is 9.27.